The Labute approximate surface area is 133 Å². The molecule has 0 fully saturated rings. The second-order valence-corrected chi connectivity index (χ2v) is 6.81. The van der Waals surface area contributed by atoms with Crippen molar-refractivity contribution in [2.75, 3.05) is 0 Å². The zero-order valence-electron chi connectivity index (χ0n) is 12.4. The minimum absolute atomic E-state index is 0.0617. The van der Waals surface area contributed by atoms with Gasteiger partial charge in [-0.25, -0.2) is 18.1 Å². The summed E-state index contributed by atoms with van der Waals surface area (Å²) in [5, 5.41) is 0.504. The number of sulfonamides is 1. The number of benzene rings is 2. The smallest absolute Gasteiger partial charge is 0.261 e. The fraction of sp³-hybridized carbons (Fsp3) is 0.125. The highest BCUT2D eigenvalue weighted by Crippen LogP contribution is 2.10. The summed E-state index contributed by atoms with van der Waals surface area (Å²) in [6.45, 7) is -0.0617. The van der Waals surface area contributed by atoms with Crippen LogP contribution in [0.5, 0.6) is 0 Å². The van der Waals surface area contributed by atoms with Crippen LogP contribution in [0.1, 0.15) is 5.82 Å². The maximum atomic E-state index is 12.3. The van der Waals surface area contributed by atoms with Crippen LogP contribution in [0.25, 0.3) is 10.9 Å². The van der Waals surface area contributed by atoms with Crippen LogP contribution in [-0.2, 0) is 23.6 Å². The predicted molar refractivity (Wildman–Crippen MR) is 87.5 cm³/mol. The molecular weight excluding hydrogens is 314 g/mol. The van der Waals surface area contributed by atoms with Crippen molar-refractivity contribution in [2.45, 2.75) is 11.4 Å². The van der Waals surface area contributed by atoms with Crippen LogP contribution >= 0.6 is 0 Å². The van der Waals surface area contributed by atoms with Gasteiger partial charge in [-0.2, -0.15) is 0 Å². The van der Waals surface area contributed by atoms with E-state index in [0.29, 0.717) is 16.7 Å². The molecular formula is C16H15N3O3S. The number of hydrogen-bond acceptors (Lipinski definition) is 4. The number of fused-ring (bicyclic) bond motifs is 1. The quantitative estimate of drug-likeness (QED) is 0.785. The molecule has 1 heterocycles. The summed E-state index contributed by atoms with van der Waals surface area (Å²) >= 11 is 0. The molecule has 3 aromatic rings. The van der Waals surface area contributed by atoms with Gasteiger partial charge < -0.3 is 0 Å². The number of hydrogen-bond donors (Lipinski definition) is 1. The van der Waals surface area contributed by atoms with Crippen LogP contribution in [0.2, 0.25) is 0 Å². The Morgan fingerprint density at radius 3 is 2.43 bits per heavy atom. The van der Waals surface area contributed by atoms with Gasteiger partial charge in [0.15, 0.2) is 0 Å². The van der Waals surface area contributed by atoms with E-state index in [-0.39, 0.29) is 17.0 Å². The van der Waals surface area contributed by atoms with Gasteiger partial charge in [0, 0.05) is 7.05 Å². The maximum absolute atomic E-state index is 12.3. The van der Waals surface area contributed by atoms with E-state index in [0.717, 1.165) is 0 Å². The number of para-hydroxylation sites is 1. The summed E-state index contributed by atoms with van der Waals surface area (Å²) in [6, 6.07) is 15.0. The first-order chi connectivity index (χ1) is 11.0. The zero-order chi connectivity index (χ0) is 16.4. The minimum atomic E-state index is -3.65. The molecule has 0 atom stereocenters. The fourth-order valence-electron chi connectivity index (χ4n) is 2.26. The molecule has 7 heteroatoms. The van der Waals surface area contributed by atoms with Crippen molar-refractivity contribution in [2.24, 2.45) is 7.05 Å². The Balaban J connectivity index is 1.94. The van der Waals surface area contributed by atoms with Gasteiger partial charge in [-0.05, 0) is 24.3 Å². The summed E-state index contributed by atoms with van der Waals surface area (Å²) in [5.74, 6) is 0.355. The zero-order valence-corrected chi connectivity index (χ0v) is 13.2. The maximum Gasteiger partial charge on any atom is 0.261 e. The lowest BCUT2D eigenvalue weighted by atomic mass is 10.2. The molecule has 23 heavy (non-hydrogen) atoms. The van der Waals surface area contributed by atoms with Crippen LogP contribution in [0.15, 0.2) is 64.3 Å². The van der Waals surface area contributed by atoms with Crippen LogP contribution < -0.4 is 10.3 Å². The molecule has 0 unspecified atom stereocenters. The second-order valence-electron chi connectivity index (χ2n) is 5.05. The minimum Gasteiger partial charge on any atom is -0.298 e. The average Bonchev–Trinajstić information content (AvgIpc) is 2.58. The van der Waals surface area contributed by atoms with E-state index in [2.05, 4.69) is 9.71 Å². The van der Waals surface area contributed by atoms with Crippen molar-refractivity contribution in [1.29, 1.82) is 0 Å². The summed E-state index contributed by atoms with van der Waals surface area (Å²) in [7, 11) is -2.07. The number of aromatic nitrogens is 2. The summed E-state index contributed by atoms with van der Waals surface area (Å²) in [5.41, 5.74) is 0.342. The van der Waals surface area contributed by atoms with E-state index < -0.39 is 10.0 Å². The Morgan fingerprint density at radius 2 is 1.70 bits per heavy atom. The molecule has 3 rings (SSSR count). The summed E-state index contributed by atoms with van der Waals surface area (Å²) < 4.78 is 28.3. The van der Waals surface area contributed by atoms with E-state index in [1.54, 1.807) is 49.5 Å². The van der Waals surface area contributed by atoms with Crippen molar-refractivity contribution < 1.29 is 8.42 Å². The van der Waals surface area contributed by atoms with E-state index in [9.17, 15) is 13.2 Å². The van der Waals surface area contributed by atoms with Gasteiger partial charge in [-0.3, -0.25) is 9.36 Å². The lowest BCUT2D eigenvalue weighted by molar-refractivity contribution is 0.576. The Bertz CT molecular complexity index is 1010. The number of rotatable bonds is 4. The largest absolute Gasteiger partial charge is 0.298 e. The second kappa shape index (κ2) is 5.94. The first-order valence-corrected chi connectivity index (χ1v) is 8.47. The Kier molecular flexibility index (Phi) is 3.97. The molecule has 0 saturated heterocycles. The lowest BCUT2D eigenvalue weighted by Gasteiger charge is -2.10. The van der Waals surface area contributed by atoms with Crippen molar-refractivity contribution >= 4 is 20.9 Å². The normalized spacial score (nSPS) is 11.7. The van der Waals surface area contributed by atoms with Gasteiger partial charge in [-0.15, -0.1) is 0 Å². The van der Waals surface area contributed by atoms with Gasteiger partial charge in [0.25, 0.3) is 5.56 Å². The van der Waals surface area contributed by atoms with Gasteiger partial charge in [0.1, 0.15) is 5.82 Å². The first kappa shape index (κ1) is 15.4. The van der Waals surface area contributed by atoms with Crippen LogP contribution in [0.4, 0.5) is 0 Å². The molecule has 0 amide bonds. The standard InChI is InChI=1S/C16H15N3O3S/c1-19-15(18-14-10-6-5-9-13(14)16(19)20)11-17-23(21,22)12-7-3-2-4-8-12/h2-10,17H,11H2,1H3. The van der Waals surface area contributed by atoms with Crippen LogP contribution in [-0.4, -0.2) is 18.0 Å². The van der Waals surface area contributed by atoms with Gasteiger partial charge in [0.05, 0.1) is 22.3 Å². The van der Waals surface area contributed by atoms with E-state index in [1.807, 2.05) is 0 Å². The third kappa shape index (κ3) is 3.01. The summed E-state index contributed by atoms with van der Waals surface area (Å²) in [6.07, 6.45) is 0. The van der Waals surface area contributed by atoms with Crippen molar-refractivity contribution in [3.05, 3.63) is 70.8 Å². The van der Waals surface area contributed by atoms with Crippen molar-refractivity contribution in [3.63, 3.8) is 0 Å². The molecule has 118 valence electrons. The average molecular weight is 329 g/mol. The molecule has 0 aliphatic heterocycles. The van der Waals surface area contributed by atoms with Gasteiger partial charge >= 0.3 is 0 Å². The SMILES string of the molecule is Cn1c(CNS(=O)(=O)c2ccccc2)nc2ccccc2c1=O. The molecule has 0 aliphatic carbocycles. The highest BCUT2D eigenvalue weighted by molar-refractivity contribution is 7.89. The van der Waals surface area contributed by atoms with Crippen LogP contribution in [0, 0.1) is 0 Å². The topological polar surface area (TPSA) is 81.1 Å². The number of nitrogens with one attached hydrogen (secondary N) is 1. The molecule has 1 aromatic heterocycles. The molecule has 0 bridgehead atoms. The van der Waals surface area contributed by atoms with Crippen molar-refractivity contribution in [1.82, 2.24) is 14.3 Å². The fourth-order valence-corrected chi connectivity index (χ4v) is 3.27. The molecule has 1 N–H and O–H groups in total. The highest BCUT2D eigenvalue weighted by atomic mass is 32.2. The third-order valence-corrected chi connectivity index (χ3v) is 4.97. The Hall–Kier alpha value is -2.51. The number of nitrogens with zero attached hydrogens (tertiary/aromatic N) is 2. The van der Waals surface area contributed by atoms with Crippen LogP contribution in [0.3, 0.4) is 0 Å². The monoisotopic (exact) mass is 329 g/mol. The van der Waals surface area contributed by atoms with E-state index in [1.165, 1.54) is 16.7 Å². The molecule has 0 spiro atoms. The molecule has 0 radical (unpaired) electrons. The third-order valence-electron chi connectivity index (χ3n) is 3.55. The van der Waals surface area contributed by atoms with Gasteiger partial charge in [0.2, 0.25) is 10.0 Å². The molecule has 0 aliphatic rings. The van der Waals surface area contributed by atoms with Gasteiger partial charge in [-0.1, -0.05) is 30.3 Å². The molecule has 6 nitrogen and oxygen atoms in total. The van der Waals surface area contributed by atoms with Crippen molar-refractivity contribution in [3.8, 4) is 0 Å². The molecule has 2 aromatic carbocycles. The highest BCUT2D eigenvalue weighted by Gasteiger charge is 2.15. The molecule has 0 saturated carbocycles. The first-order valence-electron chi connectivity index (χ1n) is 6.98. The lowest BCUT2D eigenvalue weighted by Crippen LogP contribution is -2.29. The predicted octanol–water partition coefficient (Wildman–Crippen LogP) is 1.41. The summed E-state index contributed by atoms with van der Waals surface area (Å²) in [4.78, 5) is 16.8. The Morgan fingerprint density at radius 1 is 1.04 bits per heavy atom. The van der Waals surface area contributed by atoms with E-state index in [4.69, 9.17) is 0 Å². The van der Waals surface area contributed by atoms with E-state index >= 15 is 0 Å².